The number of aliphatic imine (C=N–C) groups is 1. The van der Waals surface area contributed by atoms with Crippen LogP contribution in [0.25, 0.3) is 0 Å². The molecule has 1 aromatic carbocycles. The number of hydrogen-bond acceptors (Lipinski definition) is 3. The van der Waals surface area contributed by atoms with E-state index in [1.54, 1.807) is 11.8 Å². The molecule has 4 heteroatoms. The molecule has 3 nitrogen and oxygen atoms in total. The molecule has 0 aliphatic carbocycles. The lowest BCUT2D eigenvalue weighted by Gasteiger charge is -2.03. The maximum absolute atomic E-state index is 11.1. The summed E-state index contributed by atoms with van der Waals surface area (Å²) in [5.74, 6) is -0.0434. The molecule has 0 fully saturated rings. The van der Waals surface area contributed by atoms with E-state index < -0.39 is 0 Å². The van der Waals surface area contributed by atoms with Crippen LogP contribution in [0.5, 0.6) is 0 Å². The Labute approximate surface area is 104 Å². The number of hydrogen-bond donors (Lipinski definition) is 0. The zero-order valence-electron chi connectivity index (χ0n) is 9.51. The summed E-state index contributed by atoms with van der Waals surface area (Å²) in [4.78, 5) is 18.2. The molecule has 2 aliphatic heterocycles. The summed E-state index contributed by atoms with van der Waals surface area (Å²) in [5, 5.41) is 0.831. The number of aryl methyl sites for hydroxylation is 1. The van der Waals surface area contributed by atoms with Crippen molar-refractivity contribution in [3.05, 3.63) is 46.5 Å². The smallest absolute Gasteiger partial charge is 0.268 e. The third kappa shape index (κ3) is 2.13. The van der Waals surface area contributed by atoms with Crippen LogP contribution in [0.3, 0.4) is 0 Å². The van der Waals surface area contributed by atoms with Crippen LogP contribution in [-0.4, -0.2) is 22.5 Å². The monoisotopic (exact) mass is 244 g/mol. The summed E-state index contributed by atoms with van der Waals surface area (Å²) < 4.78 is 0. The fraction of sp³-hybridized carbons (Fsp3) is 0.231. The number of amidine groups is 1. The van der Waals surface area contributed by atoms with E-state index in [1.807, 2.05) is 11.1 Å². The first-order valence-corrected chi connectivity index (χ1v) is 6.34. The summed E-state index contributed by atoms with van der Waals surface area (Å²) in [6.45, 7) is 2.49. The molecule has 86 valence electrons. The Morgan fingerprint density at radius 2 is 2.12 bits per heavy atom. The average Bonchev–Trinajstić information content (AvgIpc) is 2.78. The van der Waals surface area contributed by atoms with Crippen molar-refractivity contribution in [1.29, 1.82) is 0 Å². The van der Waals surface area contributed by atoms with Crippen LogP contribution in [0.1, 0.15) is 11.1 Å². The van der Waals surface area contributed by atoms with Crippen LogP contribution in [0.15, 0.2) is 40.4 Å². The summed E-state index contributed by atoms with van der Waals surface area (Å²) in [6, 6.07) is 8.54. The Bertz CT molecular complexity index is 531. The van der Waals surface area contributed by atoms with Gasteiger partial charge in [-0.2, -0.15) is 4.99 Å². The first-order chi connectivity index (χ1) is 8.20. The molecule has 0 atom stereocenters. The fourth-order valence-corrected chi connectivity index (χ4v) is 2.94. The van der Waals surface area contributed by atoms with Crippen LogP contribution in [0.4, 0.5) is 0 Å². The number of carbonyl (C=O) groups excluding carboxylic acids is 1. The van der Waals surface area contributed by atoms with Gasteiger partial charge in [-0.15, -0.1) is 0 Å². The van der Waals surface area contributed by atoms with Crippen molar-refractivity contribution >= 4 is 22.8 Å². The van der Waals surface area contributed by atoms with Gasteiger partial charge < -0.3 is 4.90 Å². The topological polar surface area (TPSA) is 32.7 Å². The van der Waals surface area contributed by atoms with E-state index in [9.17, 15) is 4.79 Å². The molecule has 3 rings (SSSR count). The molecule has 0 bridgehead atoms. The molecule has 2 heterocycles. The number of benzene rings is 1. The number of rotatable bonds is 2. The number of allylic oxidation sites excluding steroid dienone is 1. The van der Waals surface area contributed by atoms with Crippen molar-refractivity contribution in [2.45, 2.75) is 13.3 Å². The molecule has 0 aromatic heterocycles. The molecule has 0 N–H and O–H groups in total. The van der Waals surface area contributed by atoms with Gasteiger partial charge in [0.25, 0.3) is 5.91 Å². The predicted molar refractivity (Wildman–Crippen MR) is 69.7 cm³/mol. The summed E-state index contributed by atoms with van der Waals surface area (Å²) in [7, 11) is 0. The molecular formula is C13H12N2OS. The normalized spacial score (nSPS) is 18.2. The van der Waals surface area contributed by atoms with Gasteiger partial charge in [-0.1, -0.05) is 41.6 Å². The van der Waals surface area contributed by atoms with Crippen molar-refractivity contribution < 1.29 is 4.79 Å². The van der Waals surface area contributed by atoms with Crippen molar-refractivity contribution in [2.75, 3.05) is 6.54 Å². The van der Waals surface area contributed by atoms with Gasteiger partial charge in [0.15, 0.2) is 5.17 Å². The Morgan fingerprint density at radius 3 is 2.82 bits per heavy atom. The van der Waals surface area contributed by atoms with Crippen LogP contribution in [0.2, 0.25) is 0 Å². The van der Waals surface area contributed by atoms with Gasteiger partial charge in [0, 0.05) is 17.5 Å². The number of amides is 1. The Hall–Kier alpha value is -1.55. The van der Waals surface area contributed by atoms with Gasteiger partial charge in [-0.25, -0.2) is 0 Å². The minimum atomic E-state index is -0.0434. The first kappa shape index (κ1) is 10.6. The van der Waals surface area contributed by atoms with Crippen LogP contribution < -0.4 is 0 Å². The summed E-state index contributed by atoms with van der Waals surface area (Å²) in [6.07, 6.45) is 2.95. The second kappa shape index (κ2) is 4.04. The highest BCUT2D eigenvalue weighted by atomic mass is 32.2. The van der Waals surface area contributed by atoms with Gasteiger partial charge >= 0.3 is 0 Å². The zero-order chi connectivity index (χ0) is 11.8. The minimum absolute atomic E-state index is 0.0434. The molecule has 0 unspecified atom stereocenters. The van der Waals surface area contributed by atoms with Crippen LogP contribution >= 0.6 is 11.8 Å². The lowest BCUT2D eigenvalue weighted by atomic mass is 10.1. The van der Waals surface area contributed by atoms with Crippen molar-refractivity contribution in [3.63, 3.8) is 0 Å². The summed E-state index contributed by atoms with van der Waals surface area (Å²) in [5.41, 5.74) is 2.57. The molecule has 17 heavy (non-hydrogen) atoms. The van der Waals surface area contributed by atoms with Crippen LogP contribution in [0, 0.1) is 6.92 Å². The van der Waals surface area contributed by atoms with Crippen LogP contribution in [-0.2, 0) is 11.2 Å². The van der Waals surface area contributed by atoms with E-state index >= 15 is 0 Å². The van der Waals surface area contributed by atoms with Gasteiger partial charge in [0.05, 0.1) is 0 Å². The largest absolute Gasteiger partial charge is 0.317 e. The SMILES string of the molecule is Cc1ccc(CC2=CN3CC(=O)N=C3S2)cc1. The van der Waals surface area contributed by atoms with E-state index in [0.717, 1.165) is 11.6 Å². The first-order valence-electron chi connectivity index (χ1n) is 5.53. The molecule has 0 saturated heterocycles. The lowest BCUT2D eigenvalue weighted by molar-refractivity contribution is -0.116. The number of fused-ring (bicyclic) bond motifs is 1. The van der Waals surface area contributed by atoms with Gasteiger partial charge in [0.2, 0.25) is 0 Å². The molecule has 0 saturated carbocycles. The zero-order valence-corrected chi connectivity index (χ0v) is 10.3. The number of carbonyl (C=O) groups is 1. The molecule has 2 aliphatic rings. The predicted octanol–water partition coefficient (Wildman–Crippen LogP) is 2.32. The minimum Gasteiger partial charge on any atom is -0.317 e. The maximum Gasteiger partial charge on any atom is 0.268 e. The molecule has 1 amide bonds. The maximum atomic E-state index is 11.1. The molecular weight excluding hydrogens is 232 g/mol. The lowest BCUT2D eigenvalue weighted by Crippen LogP contribution is -2.16. The van der Waals surface area contributed by atoms with Gasteiger partial charge in [-0.05, 0) is 12.5 Å². The van der Waals surface area contributed by atoms with E-state index in [1.165, 1.54) is 16.0 Å². The van der Waals surface area contributed by atoms with E-state index in [2.05, 4.69) is 36.2 Å². The molecule has 1 aromatic rings. The average molecular weight is 244 g/mol. The standard InChI is InChI=1S/C13H12N2OS/c1-9-2-4-10(5-3-9)6-11-7-15-8-12(16)14-13(15)17-11/h2-5,7H,6,8H2,1H3. The highest BCUT2D eigenvalue weighted by Crippen LogP contribution is 2.33. The fourth-order valence-electron chi connectivity index (χ4n) is 1.91. The molecule has 0 spiro atoms. The second-order valence-corrected chi connectivity index (χ2v) is 5.37. The van der Waals surface area contributed by atoms with E-state index in [0.29, 0.717) is 6.54 Å². The highest BCUT2D eigenvalue weighted by Gasteiger charge is 2.28. The molecule has 0 radical (unpaired) electrons. The third-order valence-electron chi connectivity index (χ3n) is 2.79. The van der Waals surface area contributed by atoms with E-state index in [-0.39, 0.29) is 5.91 Å². The van der Waals surface area contributed by atoms with Gasteiger partial charge in [-0.3, -0.25) is 4.79 Å². The second-order valence-electron chi connectivity index (χ2n) is 4.28. The Kier molecular flexibility index (Phi) is 2.52. The Morgan fingerprint density at radius 1 is 1.35 bits per heavy atom. The van der Waals surface area contributed by atoms with Crippen molar-refractivity contribution in [1.82, 2.24) is 4.90 Å². The number of thioether (sulfide) groups is 1. The Balaban J connectivity index is 1.72. The van der Waals surface area contributed by atoms with Gasteiger partial charge in [0.1, 0.15) is 6.54 Å². The summed E-state index contributed by atoms with van der Waals surface area (Å²) >= 11 is 1.60. The van der Waals surface area contributed by atoms with Crippen molar-refractivity contribution in [2.24, 2.45) is 4.99 Å². The van der Waals surface area contributed by atoms with E-state index in [4.69, 9.17) is 0 Å². The quantitative estimate of drug-likeness (QED) is 0.800. The van der Waals surface area contributed by atoms with Crippen molar-refractivity contribution in [3.8, 4) is 0 Å². The third-order valence-corrected chi connectivity index (χ3v) is 3.81. The highest BCUT2D eigenvalue weighted by molar-refractivity contribution is 8.17. The number of nitrogens with zero attached hydrogens (tertiary/aromatic N) is 2.